The van der Waals surface area contributed by atoms with Crippen molar-refractivity contribution in [1.29, 1.82) is 0 Å². The van der Waals surface area contributed by atoms with E-state index in [0.717, 1.165) is 20.8 Å². The Morgan fingerprint density at radius 3 is 2.71 bits per heavy atom. The minimum absolute atomic E-state index is 0.570. The van der Waals surface area contributed by atoms with Gasteiger partial charge in [0, 0.05) is 25.9 Å². The molecule has 0 N–H and O–H groups in total. The molecule has 0 atom stereocenters. The van der Waals surface area contributed by atoms with Crippen LogP contribution in [0.1, 0.15) is 10.4 Å². The first-order valence-electron chi connectivity index (χ1n) is 4.79. The molecule has 2 aromatic rings. The van der Waals surface area contributed by atoms with E-state index in [0.29, 0.717) is 5.56 Å². The van der Waals surface area contributed by atoms with E-state index < -0.39 is 0 Å². The fourth-order valence-electron chi connectivity index (χ4n) is 1.04. The van der Waals surface area contributed by atoms with E-state index in [4.69, 9.17) is 0 Å². The molecule has 0 aliphatic rings. The van der Waals surface area contributed by atoms with Gasteiger partial charge >= 0.3 is 0 Å². The average molecular weight is 266 g/mol. The zero-order valence-corrected chi connectivity index (χ0v) is 11.0. The molecule has 17 heavy (non-hydrogen) atoms. The Kier molecular flexibility index (Phi) is 3.70. The maximum absolute atomic E-state index is 10.5. The van der Waals surface area contributed by atoms with E-state index in [1.165, 1.54) is 23.1 Å². The number of hydrogen-bond acceptors (Lipinski definition) is 7. The first-order valence-corrected chi connectivity index (χ1v) is 6.42. The average Bonchev–Trinajstić information content (AvgIpc) is 2.79. The second-order valence-corrected chi connectivity index (χ2v) is 5.62. The maximum atomic E-state index is 10.5. The van der Waals surface area contributed by atoms with Gasteiger partial charge in [0.2, 0.25) is 5.13 Å². The van der Waals surface area contributed by atoms with Crippen LogP contribution in [0, 0.1) is 0 Å². The highest BCUT2D eigenvalue weighted by molar-refractivity contribution is 8.01. The van der Waals surface area contributed by atoms with Crippen molar-refractivity contribution in [2.45, 2.75) is 9.37 Å². The standard InChI is InChI=1S/C10H10N4OS2/c1-14(2)9-12-13-10(17-9)16-8-4-3-7(6-15)5-11-8/h3-6H,1-2H3. The van der Waals surface area contributed by atoms with E-state index in [2.05, 4.69) is 15.2 Å². The second kappa shape index (κ2) is 5.24. The van der Waals surface area contributed by atoms with E-state index in [1.807, 2.05) is 19.0 Å². The topological polar surface area (TPSA) is 59.0 Å². The van der Waals surface area contributed by atoms with Gasteiger partial charge in [-0.05, 0) is 23.9 Å². The normalized spacial score (nSPS) is 10.2. The Hall–Kier alpha value is -1.47. The summed E-state index contributed by atoms with van der Waals surface area (Å²) in [5.41, 5.74) is 0.570. The summed E-state index contributed by atoms with van der Waals surface area (Å²) in [5, 5.41) is 9.75. The molecule has 0 aliphatic carbocycles. The summed E-state index contributed by atoms with van der Waals surface area (Å²) in [6.07, 6.45) is 2.32. The van der Waals surface area contributed by atoms with E-state index in [9.17, 15) is 4.79 Å². The van der Waals surface area contributed by atoms with Gasteiger partial charge in [0.15, 0.2) is 10.6 Å². The molecule has 88 valence electrons. The number of anilines is 1. The number of carbonyl (C=O) groups is 1. The number of hydrogen-bond donors (Lipinski definition) is 0. The minimum Gasteiger partial charge on any atom is -0.353 e. The lowest BCUT2D eigenvalue weighted by Crippen LogP contribution is -2.07. The summed E-state index contributed by atoms with van der Waals surface area (Å²) in [6.45, 7) is 0. The van der Waals surface area contributed by atoms with Crippen molar-refractivity contribution in [1.82, 2.24) is 15.2 Å². The van der Waals surface area contributed by atoms with Crippen LogP contribution in [0.25, 0.3) is 0 Å². The smallest absolute Gasteiger partial charge is 0.208 e. The van der Waals surface area contributed by atoms with E-state index >= 15 is 0 Å². The summed E-state index contributed by atoms with van der Waals surface area (Å²) in [6, 6.07) is 3.53. The van der Waals surface area contributed by atoms with Crippen molar-refractivity contribution in [3.05, 3.63) is 23.9 Å². The number of rotatable bonds is 4. The molecule has 2 heterocycles. The number of carbonyl (C=O) groups excluding carboxylic acids is 1. The molecule has 2 rings (SSSR count). The molecular weight excluding hydrogens is 256 g/mol. The molecule has 7 heteroatoms. The third-order valence-corrected chi connectivity index (χ3v) is 3.96. The molecule has 5 nitrogen and oxygen atoms in total. The van der Waals surface area contributed by atoms with Crippen molar-refractivity contribution >= 4 is 34.5 Å². The maximum Gasteiger partial charge on any atom is 0.208 e. The molecule has 0 radical (unpaired) electrons. The van der Waals surface area contributed by atoms with Gasteiger partial charge in [-0.2, -0.15) is 0 Å². The van der Waals surface area contributed by atoms with Gasteiger partial charge in [0.25, 0.3) is 0 Å². The Bertz CT molecular complexity index is 509. The lowest BCUT2D eigenvalue weighted by atomic mass is 10.3. The van der Waals surface area contributed by atoms with Crippen LogP contribution in [0.15, 0.2) is 27.7 Å². The predicted octanol–water partition coefficient (Wildman–Crippen LogP) is 1.96. The monoisotopic (exact) mass is 266 g/mol. The van der Waals surface area contributed by atoms with Gasteiger partial charge in [-0.15, -0.1) is 10.2 Å². The van der Waals surface area contributed by atoms with Crippen LogP contribution in [0.4, 0.5) is 5.13 Å². The number of aldehydes is 1. The van der Waals surface area contributed by atoms with Crippen molar-refractivity contribution < 1.29 is 4.79 Å². The summed E-state index contributed by atoms with van der Waals surface area (Å²) >= 11 is 2.94. The zero-order chi connectivity index (χ0) is 12.3. The lowest BCUT2D eigenvalue weighted by molar-refractivity contribution is 0.112. The zero-order valence-electron chi connectivity index (χ0n) is 9.32. The third-order valence-electron chi connectivity index (χ3n) is 1.87. The molecule has 0 saturated carbocycles. The largest absolute Gasteiger partial charge is 0.353 e. The van der Waals surface area contributed by atoms with Gasteiger partial charge in [0.05, 0.1) is 0 Å². The molecule has 0 unspecified atom stereocenters. The van der Waals surface area contributed by atoms with Crippen LogP contribution in [-0.4, -0.2) is 35.6 Å². The van der Waals surface area contributed by atoms with Crippen LogP contribution in [0.5, 0.6) is 0 Å². The molecule has 2 aromatic heterocycles. The van der Waals surface area contributed by atoms with Crippen LogP contribution in [-0.2, 0) is 0 Å². The van der Waals surface area contributed by atoms with Gasteiger partial charge in [0.1, 0.15) is 5.03 Å². The van der Waals surface area contributed by atoms with E-state index in [1.54, 1.807) is 18.3 Å². The second-order valence-electron chi connectivity index (χ2n) is 3.39. The highest BCUT2D eigenvalue weighted by atomic mass is 32.2. The molecule has 0 fully saturated rings. The summed E-state index contributed by atoms with van der Waals surface area (Å²) in [4.78, 5) is 16.5. The molecule has 0 aromatic carbocycles. The quantitative estimate of drug-likeness (QED) is 0.788. The fourth-order valence-corrected chi connectivity index (χ4v) is 2.69. The fraction of sp³-hybridized carbons (Fsp3) is 0.200. The number of pyridine rings is 1. The first-order chi connectivity index (χ1) is 8.19. The van der Waals surface area contributed by atoms with Crippen LogP contribution < -0.4 is 4.90 Å². The molecule has 0 saturated heterocycles. The van der Waals surface area contributed by atoms with E-state index in [-0.39, 0.29) is 0 Å². The highest BCUT2D eigenvalue weighted by Gasteiger charge is 2.07. The number of aromatic nitrogens is 3. The van der Waals surface area contributed by atoms with Crippen LogP contribution in [0.3, 0.4) is 0 Å². The summed E-state index contributed by atoms with van der Waals surface area (Å²) in [5.74, 6) is 0. The molecule has 0 aliphatic heterocycles. The van der Waals surface area contributed by atoms with Crippen molar-refractivity contribution in [2.75, 3.05) is 19.0 Å². The van der Waals surface area contributed by atoms with Crippen molar-refractivity contribution in [3.63, 3.8) is 0 Å². The Morgan fingerprint density at radius 2 is 2.18 bits per heavy atom. The first kappa shape index (κ1) is 12.0. The van der Waals surface area contributed by atoms with Crippen LogP contribution >= 0.6 is 23.1 Å². The Balaban J connectivity index is 2.10. The van der Waals surface area contributed by atoms with Gasteiger partial charge in [-0.3, -0.25) is 4.79 Å². The highest BCUT2D eigenvalue weighted by Crippen LogP contribution is 2.31. The molecule has 0 amide bonds. The van der Waals surface area contributed by atoms with Gasteiger partial charge in [-0.1, -0.05) is 11.3 Å². The summed E-state index contributed by atoms with van der Waals surface area (Å²) in [7, 11) is 3.85. The van der Waals surface area contributed by atoms with Crippen molar-refractivity contribution in [2.24, 2.45) is 0 Å². The summed E-state index contributed by atoms with van der Waals surface area (Å²) < 4.78 is 0.833. The minimum atomic E-state index is 0.570. The lowest BCUT2D eigenvalue weighted by Gasteiger charge is -2.03. The van der Waals surface area contributed by atoms with Crippen LogP contribution in [0.2, 0.25) is 0 Å². The number of nitrogens with zero attached hydrogens (tertiary/aromatic N) is 4. The molecule has 0 bridgehead atoms. The molecular formula is C10H10N4OS2. The van der Waals surface area contributed by atoms with Gasteiger partial charge < -0.3 is 4.90 Å². The third kappa shape index (κ3) is 3.01. The Labute approximate surface area is 107 Å². The van der Waals surface area contributed by atoms with Gasteiger partial charge in [-0.25, -0.2) is 4.98 Å². The predicted molar refractivity (Wildman–Crippen MR) is 68.0 cm³/mol. The molecule has 0 spiro atoms. The Morgan fingerprint density at radius 1 is 1.35 bits per heavy atom. The van der Waals surface area contributed by atoms with Crippen molar-refractivity contribution in [3.8, 4) is 0 Å². The SMILES string of the molecule is CN(C)c1nnc(Sc2ccc(C=O)cn2)s1.